The molecule has 3 aromatic rings. The molecule has 0 unspecified atom stereocenters. The molecule has 4 rings (SSSR count). The van der Waals surface area contributed by atoms with Crippen molar-refractivity contribution in [3.05, 3.63) is 65.2 Å². The summed E-state index contributed by atoms with van der Waals surface area (Å²) in [5, 5.41) is 0. The third kappa shape index (κ3) is 6.41. The summed E-state index contributed by atoms with van der Waals surface area (Å²) < 4.78 is 12.8. The van der Waals surface area contributed by atoms with Crippen molar-refractivity contribution in [2.75, 3.05) is 42.9 Å². The van der Waals surface area contributed by atoms with Crippen LogP contribution in [0, 0.1) is 13.8 Å². The van der Waals surface area contributed by atoms with Gasteiger partial charge in [0.1, 0.15) is 12.4 Å². The Bertz CT molecular complexity index is 1380. The number of benzene rings is 3. The summed E-state index contributed by atoms with van der Waals surface area (Å²) in [4.78, 5) is 21.9. The Hall–Kier alpha value is -3.10. The second-order valence-electron chi connectivity index (χ2n) is 13.1. The molecular weight excluding hydrogens is 571 g/mol. The van der Waals surface area contributed by atoms with Crippen LogP contribution in [0.3, 0.4) is 0 Å². The summed E-state index contributed by atoms with van der Waals surface area (Å²) in [5.41, 5.74) is 8.58. The third-order valence-electron chi connectivity index (χ3n) is 8.69. The van der Waals surface area contributed by atoms with Crippen LogP contribution in [0.5, 0.6) is 5.75 Å². The van der Waals surface area contributed by atoms with Gasteiger partial charge in [-0.05, 0) is 83.6 Å². The molecule has 8 heteroatoms. The van der Waals surface area contributed by atoms with Crippen LogP contribution in [0.1, 0.15) is 58.2 Å². The summed E-state index contributed by atoms with van der Waals surface area (Å²) in [7, 11) is 6.13. The summed E-state index contributed by atoms with van der Waals surface area (Å²) in [6.45, 7) is 18.1. The molecule has 6 nitrogen and oxygen atoms in total. The SMILES string of the molecule is Cc1cc2c(cc1N(C)C)Sc1cc(N(C)C)c(C)cc1N2C(=O)OCc1ccc(O[Si](C(C)C)(C(C)C)C(C)C)cc1. The topological polar surface area (TPSA) is 45.2 Å². The Kier molecular flexibility index (Phi) is 9.81. The lowest BCUT2D eigenvalue weighted by atomic mass is 10.1. The highest BCUT2D eigenvalue weighted by Crippen LogP contribution is 2.52. The molecule has 1 aliphatic heterocycles. The normalized spacial score (nSPS) is 12.9. The van der Waals surface area contributed by atoms with Gasteiger partial charge in [0.25, 0.3) is 8.32 Å². The first-order valence-corrected chi connectivity index (χ1v) is 18.2. The quantitative estimate of drug-likeness (QED) is 0.222. The van der Waals surface area contributed by atoms with Crippen molar-refractivity contribution in [1.82, 2.24) is 0 Å². The maximum atomic E-state index is 13.9. The van der Waals surface area contributed by atoms with Crippen molar-refractivity contribution < 1.29 is 14.0 Å². The minimum Gasteiger partial charge on any atom is -0.543 e. The molecule has 43 heavy (non-hydrogen) atoms. The number of rotatable bonds is 9. The molecule has 0 aromatic heterocycles. The number of carbonyl (C=O) groups is 1. The zero-order valence-electron chi connectivity index (χ0n) is 28.0. The standard InChI is InChI=1S/C35H49N3O3SSi/c1-22(2)43(23(3)4,24(5)6)41-28-15-13-27(14-16-28)21-40-35(39)38-31-17-25(7)29(36(9)10)19-33(31)42-34-20-30(37(11)12)26(8)18-32(34)38/h13-20,22-24H,21H2,1-12H3. The number of aryl methyl sites for hydroxylation is 2. The Morgan fingerprint density at radius 2 is 1.21 bits per heavy atom. The van der Waals surface area contributed by atoms with Crippen LogP contribution in [0.4, 0.5) is 27.5 Å². The van der Waals surface area contributed by atoms with E-state index in [2.05, 4.69) is 89.5 Å². The summed E-state index contributed by atoms with van der Waals surface area (Å²) in [6, 6.07) is 16.6. The predicted molar refractivity (Wildman–Crippen MR) is 186 cm³/mol. The Labute approximate surface area is 264 Å². The van der Waals surface area contributed by atoms with Gasteiger partial charge in [0.2, 0.25) is 0 Å². The van der Waals surface area contributed by atoms with Crippen LogP contribution in [0.2, 0.25) is 16.6 Å². The maximum Gasteiger partial charge on any atom is 0.419 e. The molecule has 0 spiro atoms. The molecule has 0 fully saturated rings. The van der Waals surface area contributed by atoms with E-state index in [-0.39, 0.29) is 12.7 Å². The van der Waals surface area contributed by atoms with Crippen molar-refractivity contribution in [3.63, 3.8) is 0 Å². The lowest BCUT2D eigenvalue weighted by Gasteiger charge is -2.42. The maximum absolute atomic E-state index is 13.9. The molecule has 0 bridgehead atoms. The van der Waals surface area contributed by atoms with Gasteiger partial charge in [-0.1, -0.05) is 65.4 Å². The van der Waals surface area contributed by atoms with E-state index in [0.29, 0.717) is 16.6 Å². The Morgan fingerprint density at radius 1 is 0.767 bits per heavy atom. The van der Waals surface area contributed by atoms with E-state index in [4.69, 9.17) is 9.16 Å². The number of ether oxygens (including phenoxy) is 1. The number of amides is 1. The minimum atomic E-state index is -2.04. The molecule has 0 saturated heterocycles. The Balaban J connectivity index is 1.62. The van der Waals surface area contributed by atoms with Gasteiger partial charge in [-0.2, -0.15) is 0 Å². The first-order chi connectivity index (χ1) is 20.2. The fourth-order valence-electron chi connectivity index (χ4n) is 6.67. The zero-order chi connectivity index (χ0) is 31.8. The highest BCUT2D eigenvalue weighted by molar-refractivity contribution is 7.99. The van der Waals surface area contributed by atoms with Gasteiger partial charge in [0.05, 0.1) is 11.4 Å². The highest BCUT2D eigenvalue weighted by atomic mass is 32.2. The number of carbonyl (C=O) groups excluding carboxylic acids is 1. The number of hydrogen-bond donors (Lipinski definition) is 0. The molecule has 1 aliphatic rings. The van der Waals surface area contributed by atoms with Crippen molar-refractivity contribution in [2.24, 2.45) is 0 Å². The van der Waals surface area contributed by atoms with Gasteiger partial charge in [0.15, 0.2) is 0 Å². The molecular formula is C35H49N3O3SSi. The van der Waals surface area contributed by atoms with Crippen molar-refractivity contribution in [2.45, 2.75) is 88.4 Å². The summed E-state index contributed by atoms with van der Waals surface area (Å²) in [6.07, 6.45) is -0.386. The number of nitrogens with zero attached hydrogens (tertiary/aromatic N) is 3. The van der Waals surface area contributed by atoms with E-state index < -0.39 is 8.32 Å². The molecule has 0 atom stereocenters. The lowest BCUT2D eigenvalue weighted by Crippen LogP contribution is -2.50. The summed E-state index contributed by atoms with van der Waals surface area (Å²) >= 11 is 1.70. The van der Waals surface area contributed by atoms with E-state index in [1.807, 2.05) is 52.5 Å². The van der Waals surface area contributed by atoms with E-state index in [1.165, 1.54) is 0 Å². The smallest absolute Gasteiger partial charge is 0.419 e. The second-order valence-corrected chi connectivity index (χ2v) is 19.5. The third-order valence-corrected chi connectivity index (χ3v) is 15.8. The van der Waals surface area contributed by atoms with Gasteiger partial charge in [0, 0.05) is 49.4 Å². The van der Waals surface area contributed by atoms with Crippen molar-refractivity contribution in [3.8, 4) is 5.75 Å². The minimum absolute atomic E-state index is 0.179. The second kappa shape index (κ2) is 12.9. The number of anilines is 4. The fraction of sp³-hybridized carbons (Fsp3) is 0.457. The molecule has 1 amide bonds. The Morgan fingerprint density at radius 3 is 1.60 bits per heavy atom. The predicted octanol–water partition coefficient (Wildman–Crippen LogP) is 9.93. The van der Waals surface area contributed by atoms with Crippen molar-refractivity contribution in [1.29, 1.82) is 0 Å². The van der Waals surface area contributed by atoms with E-state index in [1.54, 1.807) is 16.7 Å². The van der Waals surface area contributed by atoms with Gasteiger partial charge >= 0.3 is 6.09 Å². The van der Waals surface area contributed by atoms with Crippen molar-refractivity contribution >= 4 is 48.9 Å². The van der Waals surface area contributed by atoms with Gasteiger partial charge in [-0.15, -0.1) is 0 Å². The van der Waals surface area contributed by atoms with Gasteiger partial charge in [-0.3, -0.25) is 0 Å². The monoisotopic (exact) mass is 619 g/mol. The summed E-state index contributed by atoms with van der Waals surface area (Å²) in [5.74, 6) is 0.896. The molecule has 0 N–H and O–H groups in total. The van der Waals surface area contributed by atoms with Crippen LogP contribution in [0.25, 0.3) is 0 Å². The van der Waals surface area contributed by atoms with Crippen LogP contribution >= 0.6 is 11.8 Å². The number of fused-ring (bicyclic) bond motifs is 2. The first kappa shape index (κ1) is 32.8. The molecule has 0 saturated carbocycles. The fourth-order valence-corrected chi connectivity index (χ4v) is 13.0. The molecule has 232 valence electrons. The molecule has 0 aliphatic carbocycles. The molecule has 0 radical (unpaired) electrons. The van der Waals surface area contributed by atoms with Crippen LogP contribution in [0.15, 0.2) is 58.3 Å². The van der Waals surface area contributed by atoms with Crippen LogP contribution < -0.4 is 19.1 Å². The lowest BCUT2D eigenvalue weighted by molar-refractivity contribution is 0.149. The van der Waals surface area contributed by atoms with Crippen LogP contribution in [-0.2, 0) is 11.3 Å². The van der Waals surface area contributed by atoms with E-state index >= 15 is 0 Å². The average molecular weight is 620 g/mol. The van der Waals surface area contributed by atoms with Gasteiger partial charge in [-0.25, -0.2) is 9.69 Å². The number of hydrogen-bond acceptors (Lipinski definition) is 6. The molecule has 3 aromatic carbocycles. The zero-order valence-corrected chi connectivity index (χ0v) is 29.8. The molecule has 1 heterocycles. The first-order valence-electron chi connectivity index (χ1n) is 15.2. The average Bonchev–Trinajstić information content (AvgIpc) is 2.92. The van der Waals surface area contributed by atoms with E-state index in [9.17, 15) is 4.79 Å². The van der Waals surface area contributed by atoms with E-state index in [0.717, 1.165) is 55.0 Å². The van der Waals surface area contributed by atoms with Crippen LogP contribution in [-0.4, -0.2) is 42.6 Å². The highest BCUT2D eigenvalue weighted by Gasteiger charge is 2.47. The van der Waals surface area contributed by atoms with Gasteiger partial charge < -0.3 is 19.0 Å². The largest absolute Gasteiger partial charge is 0.543 e.